The molecular formula is C14H21ClN4O. The number of rotatable bonds is 5. The lowest BCUT2D eigenvalue weighted by Crippen LogP contribution is -2.31. The van der Waals surface area contributed by atoms with E-state index in [2.05, 4.69) is 27.4 Å². The fraction of sp³-hybridized carbons (Fsp3) is 0.571. The Morgan fingerprint density at radius 3 is 3.00 bits per heavy atom. The van der Waals surface area contributed by atoms with Crippen LogP contribution in [0.2, 0.25) is 5.02 Å². The van der Waals surface area contributed by atoms with E-state index in [0.717, 1.165) is 26.1 Å². The van der Waals surface area contributed by atoms with Crippen molar-refractivity contribution >= 4 is 23.3 Å². The van der Waals surface area contributed by atoms with Crippen molar-refractivity contribution in [1.29, 1.82) is 0 Å². The summed E-state index contributed by atoms with van der Waals surface area (Å²) in [6, 6.07) is 3.43. The van der Waals surface area contributed by atoms with Gasteiger partial charge in [0.25, 0.3) is 5.91 Å². The summed E-state index contributed by atoms with van der Waals surface area (Å²) in [5.41, 5.74) is 0.281. The molecule has 1 aromatic heterocycles. The Morgan fingerprint density at radius 1 is 1.55 bits per heavy atom. The van der Waals surface area contributed by atoms with Gasteiger partial charge >= 0.3 is 0 Å². The highest BCUT2D eigenvalue weighted by Crippen LogP contribution is 2.18. The molecule has 6 heteroatoms. The number of carbonyl (C=O) groups excluding carboxylic acids is 1. The van der Waals surface area contributed by atoms with Gasteiger partial charge in [0, 0.05) is 20.1 Å². The summed E-state index contributed by atoms with van der Waals surface area (Å²) in [4.78, 5) is 18.7. The number of halogens is 1. The van der Waals surface area contributed by atoms with Crippen LogP contribution in [0.15, 0.2) is 12.1 Å². The molecule has 1 aliphatic heterocycles. The van der Waals surface area contributed by atoms with Crippen molar-refractivity contribution in [3.05, 3.63) is 22.8 Å². The lowest BCUT2D eigenvalue weighted by molar-refractivity contribution is 0.0942. The van der Waals surface area contributed by atoms with Gasteiger partial charge in [0.2, 0.25) is 0 Å². The molecule has 20 heavy (non-hydrogen) atoms. The van der Waals surface area contributed by atoms with Gasteiger partial charge in [-0.25, -0.2) is 4.98 Å². The van der Waals surface area contributed by atoms with Crippen LogP contribution in [0.5, 0.6) is 0 Å². The van der Waals surface area contributed by atoms with Crippen LogP contribution in [-0.4, -0.2) is 49.0 Å². The first kappa shape index (κ1) is 15.1. The van der Waals surface area contributed by atoms with Crippen molar-refractivity contribution in [2.45, 2.75) is 13.3 Å². The molecule has 110 valence electrons. The van der Waals surface area contributed by atoms with Crippen molar-refractivity contribution in [3.8, 4) is 0 Å². The minimum absolute atomic E-state index is 0.206. The maximum Gasteiger partial charge on any atom is 0.271 e. The van der Waals surface area contributed by atoms with E-state index < -0.39 is 0 Å². The molecule has 1 saturated heterocycles. The molecule has 0 bridgehead atoms. The van der Waals surface area contributed by atoms with Gasteiger partial charge in [0.05, 0.1) is 5.02 Å². The van der Waals surface area contributed by atoms with Gasteiger partial charge in [-0.05, 0) is 37.6 Å². The van der Waals surface area contributed by atoms with Crippen LogP contribution in [0.3, 0.4) is 0 Å². The summed E-state index contributed by atoms with van der Waals surface area (Å²) in [5, 5.41) is 6.22. The fourth-order valence-electron chi connectivity index (χ4n) is 2.43. The van der Waals surface area contributed by atoms with Crippen molar-refractivity contribution in [2.24, 2.45) is 5.92 Å². The molecule has 1 fully saturated rings. The van der Waals surface area contributed by atoms with Crippen LogP contribution in [0.4, 0.5) is 5.82 Å². The monoisotopic (exact) mass is 296 g/mol. The average molecular weight is 297 g/mol. The summed E-state index contributed by atoms with van der Waals surface area (Å²) < 4.78 is 0. The summed E-state index contributed by atoms with van der Waals surface area (Å²) in [5.74, 6) is 0.949. The minimum Gasteiger partial charge on any atom is -0.373 e. The van der Waals surface area contributed by atoms with Crippen molar-refractivity contribution in [1.82, 2.24) is 15.2 Å². The highest BCUT2D eigenvalue weighted by atomic mass is 35.5. The Morgan fingerprint density at radius 2 is 2.35 bits per heavy atom. The van der Waals surface area contributed by atoms with Gasteiger partial charge in [-0.1, -0.05) is 18.5 Å². The van der Waals surface area contributed by atoms with Gasteiger partial charge in [-0.2, -0.15) is 0 Å². The largest absolute Gasteiger partial charge is 0.373 e. The molecule has 5 nitrogen and oxygen atoms in total. The lowest BCUT2D eigenvalue weighted by Gasteiger charge is -2.14. The number of aromatic nitrogens is 1. The standard InChI is InChI=1S/C14H21ClN4O/c1-3-19-7-6-10(9-19)8-17-14(20)13-11(15)4-5-12(16-2)18-13/h4-5,10H,3,6-9H2,1-2H3,(H,16,18)(H,17,20). The molecule has 2 heterocycles. The minimum atomic E-state index is -0.206. The quantitative estimate of drug-likeness (QED) is 0.871. The second-order valence-corrected chi connectivity index (χ2v) is 5.44. The Kier molecular flexibility index (Phi) is 5.20. The molecule has 0 aromatic carbocycles. The molecule has 1 atom stereocenters. The topological polar surface area (TPSA) is 57.3 Å². The van der Waals surface area contributed by atoms with Crippen LogP contribution < -0.4 is 10.6 Å². The van der Waals surface area contributed by atoms with E-state index in [1.54, 1.807) is 19.2 Å². The zero-order valence-corrected chi connectivity index (χ0v) is 12.7. The van der Waals surface area contributed by atoms with E-state index in [1.165, 1.54) is 0 Å². The second-order valence-electron chi connectivity index (χ2n) is 5.03. The Hall–Kier alpha value is -1.33. The van der Waals surface area contributed by atoms with Crippen molar-refractivity contribution in [2.75, 3.05) is 38.5 Å². The first-order valence-corrected chi connectivity index (χ1v) is 7.36. The predicted molar refractivity (Wildman–Crippen MR) is 81.3 cm³/mol. The fourth-order valence-corrected chi connectivity index (χ4v) is 2.62. The third kappa shape index (κ3) is 3.61. The van der Waals surface area contributed by atoms with Gasteiger partial charge in [0.15, 0.2) is 0 Å². The number of nitrogens with zero attached hydrogens (tertiary/aromatic N) is 2. The number of hydrogen-bond donors (Lipinski definition) is 2. The first-order valence-electron chi connectivity index (χ1n) is 6.99. The van der Waals surface area contributed by atoms with Crippen LogP contribution in [-0.2, 0) is 0 Å². The second kappa shape index (κ2) is 6.90. The van der Waals surface area contributed by atoms with Gasteiger partial charge < -0.3 is 15.5 Å². The first-order chi connectivity index (χ1) is 9.63. The number of hydrogen-bond acceptors (Lipinski definition) is 4. The number of likely N-dealkylation sites (tertiary alicyclic amines) is 1. The molecule has 1 aliphatic rings. The SMILES string of the molecule is CCN1CCC(CNC(=O)c2nc(NC)ccc2Cl)C1. The molecule has 0 radical (unpaired) electrons. The van der Waals surface area contributed by atoms with E-state index in [-0.39, 0.29) is 11.6 Å². The van der Waals surface area contributed by atoms with Crippen molar-refractivity contribution in [3.63, 3.8) is 0 Å². The van der Waals surface area contributed by atoms with E-state index >= 15 is 0 Å². The Labute approximate surface area is 124 Å². The summed E-state index contributed by atoms with van der Waals surface area (Å²) in [6.45, 7) is 6.08. The van der Waals surface area contributed by atoms with Gasteiger partial charge in [-0.3, -0.25) is 4.79 Å². The molecule has 2 N–H and O–H groups in total. The zero-order valence-electron chi connectivity index (χ0n) is 11.9. The lowest BCUT2D eigenvalue weighted by atomic mass is 10.1. The van der Waals surface area contributed by atoms with E-state index in [0.29, 0.717) is 23.3 Å². The molecule has 0 saturated carbocycles. The summed E-state index contributed by atoms with van der Waals surface area (Å²) >= 11 is 6.03. The summed E-state index contributed by atoms with van der Waals surface area (Å²) in [7, 11) is 1.76. The highest BCUT2D eigenvalue weighted by molar-refractivity contribution is 6.33. The van der Waals surface area contributed by atoms with Crippen LogP contribution in [0.1, 0.15) is 23.8 Å². The molecule has 0 spiro atoms. The molecular weight excluding hydrogens is 276 g/mol. The van der Waals surface area contributed by atoms with Crippen LogP contribution in [0.25, 0.3) is 0 Å². The van der Waals surface area contributed by atoms with E-state index in [1.807, 2.05) is 0 Å². The molecule has 2 rings (SSSR count). The molecule has 1 amide bonds. The smallest absolute Gasteiger partial charge is 0.271 e. The maximum atomic E-state index is 12.1. The predicted octanol–water partition coefficient (Wildman–Crippen LogP) is 1.85. The average Bonchev–Trinajstić information content (AvgIpc) is 2.93. The number of amides is 1. The van der Waals surface area contributed by atoms with E-state index in [9.17, 15) is 4.79 Å². The highest BCUT2D eigenvalue weighted by Gasteiger charge is 2.22. The van der Waals surface area contributed by atoms with Gasteiger partial charge in [0.1, 0.15) is 11.5 Å². The summed E-state index contributed by atoms with van der Waals surface area (Å²) in [6.07, 6.45) is 1.13. The van der Waals surface area contributed by atoms with Crippen LogP contribution >= 0.6 is 11.6 Å². The molecule has 1 unspecified atom stereocenters. The van der Waals surface area contributed by atoms with Crippen LogP contribution in [0, 0.1) is 5.92 Å². The third-order valence-corrected chi connectivity index (χ3v) is 3.99. The number of nitrogens with one attached hydrogen (secondary N) is 2. The Balaban J connectivity index is 1.92. The van der Waals surface area contributed by atoms with Gasteiger partial charge in [-0.15, -0.1) is 0 Å². The molecule has 0 aliphatic carbocycles. The number of anilines is 1. The molecule has 1 aromatic rings. The number of pyridine rings is 1. The zero-order chi connectivity index (χ0) is 14.5. The number of carbonyl (C=O) groups is 1. The normalized spacial score (nSPS) is 19.1. The van der Waals surface area contributed by atoms with E-state index in [4.69, 9.17) is 11.6 Å². The van der Waals surface area contributed by atoms with Crippen molar-refractivity contribution < 1.29 is 4.79 Å². The maximum absolute atomic E-state index is 12.1. The third-order valence-electron chi connectivity index (χ3n) is 3.69. The Bertz CT molecular complexity index is 480.